The van der Waals surface area contributed by atoms with Gasteiger partial charge >= 0.3 is 5.97 Å². The van der Waals surface area contributed by atoms with E-state index in [0.717, 1.165) is 11.8 Å². The Bertz CT molecular complexity index is 837. The van der Waals surface area contributed by atoms with Crippen molar-refractivity contribution < 1.29 is 19.5 Å². The Hall–Kier alpha value is -2.93. The van der Waals surface area contributed by atoms with Crippen molar-refractivity contribution in [3.8, 4) is 0 Å². The van der Waals surface area contributed by atoms with E-state index in [0.29, 0.717) is 11.3 Å². The molecule has 126 valence electrons. The Balaban J connectivity index is 1.96. The van der Waals surface area contributed by atoms with Gasteiger partial charge in [0.1, 0.15) is 5.25 Å². The molecule has 1 aliphatic rings. The van der Waals surface area contributed by atoms with Crippen molar-refractivity contribution in [3.63, 3.8) is 0 Å². The lowest BCUT2D eigenvalue weighted by atomic mass is 10.2. The highest BCUT2D eigenvalue weighted by Crippen LogP contribution is 2.33. The highest BCUT2D eigenvalue weighted by molar-refractivity contribution is 8.16. The summed E-state index contributed by atoms with van der Waals surface area (Å²) in [5, 5.41) is 8.39. The maximum atomic E-state index is 12.6. The van der Waals surface area contributed by atoms with Crippen LogP contribution in [0.5, 0.6) is 0 Å². The molecule has 3 rings (SSSR count). The number of carboxylic acid groups (broad SMARTS) is 1. The van der Waals surface area contributed by atoms with Crippen molar-refractivity contribution in [1.29, 1.82) is 0 Å². The van der Waals surface area contributed by atoms with E-state index in [1.54, 1.807) is 60.7 Å². The normalized spacial score (nSPS) is 18.6. The van der Waals surface area contributed by atoms with Gasteiger partial charge in [-0.25, -0.2) is 0 Å². The lowest BCUT2D eigenvalue weighted by Gasteiger charge is -2.16. The number of amidine groups is 1. The molecule has 2 aromatic rings. The minimum absolute atomic E-state index is 0.191. The van der Waals surface area contributed by atoms with Crippen molar-refractivity contribution in [1.82, 2.24) is 0 Å². The summed E-state index contributed by atoms with van der Waals surface area (Å²) in [5.41, 5.74) is 0.949. The second-order valence-electron chi connectivity index (χ2n) is 5.28. The number of amides is 2. The number of hydrogen-bond donors (Lipinski definition) is 1. The third-order valence-electron chi connectivity index (χ3n) is 3.53. The zero-order valence-corrected chi connectivity index (χ0v) is 13.8. The van der Waals surface area contributed by atoms with Crippen LogP contribution >= 0.6 is 11.8 Å². The van der Waals surface area contributed by atoms with Gasteiger partial charge in [-0.15, -0.1) is 0 Å². The lowest BCUT2D eigenvalue weighted by molar-refractivity contribution is -0.138. The van der Waals surface area contributed by atoms with Crippen LogP contribution in [0, 0.1) is 0 Å². The number of para-hydroxylation sites is 1. The maximum Gasteiger partial charge on any atom is 0.305 e. The van der Waals surface area contributed by atoms with Gasteiger partial charge in [0.25, 0.3) is 5.91 Å². The molecule has 25 heavy (non-hydrogen) atoms. The first-order chi connectivity index (χ1) is 12.1. The number of nitrogens with zero attached hydrogens (tertiary/aromatic N) is 2. The summed E-state index contributed by atoms with van der Waals surface area (Å²) >= 11 is 0.998. The zero-order chi connectivity index (χ0) is 17.8. The molecular weight excluding hydrogens is 340 g/mol. The fourth-order valence-corrected chi connectivity index (χ4v) is 3.50. The van der Waals surface area contributed by atoms with Crippen LogP contribution in [0.3, 0.4) is 0 Å². The Kier molecular flexibility index (Phi) is 4.95. The molecule has 0 saturated carbocycles. The zero-order valence-electron chi connectivity index (χ0n) is 13.0. The fourth-order valence-electron chi connectivity index (χ4n) is 2.38. The Morgan fingerprint density at radius 1 is 1.04 bits per heavy atom. The smallest absolute Gasteiger partial charge is 0.305 e. The van der Waals surface area contributed by atoms with E-state index in [9.17, 15) is 14.4 Å². The van der Waals surface area contributed by atoms with E-state index in [-0.39, 0.29) is 11.6 Å². The van der Waals surface area contributed by atoms with Crippen molar-refractivity contribution in [2.24, 2.45) is 4.99 Å². The van der Waals surface area contributed by atoms with Crippen LogP contribution in [-0.2, 0) is 9.59 Å². The van der Waals surface area contributed by atoms with Crippen LogP contribution in [-0.4, -0.2) is 33.3 Å². The molecule has 1 fully saturated rings. The van der Waals surface area contributed by atoms with Gasteiger partial charge in [-0.1, -0.05) is 48.2 Å². The Morgan fingerprint density at radius 3 is 2.24 bits per heavy atom. The molecule has 1 N–H and O–H groups in total. The third-order valence-corrected chi connectivity index (χ3v) is 4.66. The highest BCUT2D eigenvalue weighted by atomic mass is 32.2. The topological polar surface area (TPSA) is 87.0 Å². The number of aliphatic carboxylic acids is 1. The second kappa shape index (κ2) is 7.31. The van der Waals surface area contributed by atoms with Crippen LogP contribution < -0.4 is 4.90 Å². The Labute approximate surface area is 148 Å². The molecule has 0 aliphatic carbocycles. The minimum atomic E-state index is -1.07. The van der Waals surface area contributed by atoms with E-state index in [2.05, 4.69) is 4.99 Å². The SMILES string of the molecule is O=C(O)C[C@H]1SC(=NC(=O)c2ccccc2)N(c2ccccc2)C1=O. The first-order valence-electron chi connectivity index (χ1n) is 7.52. The molecule has 1 heterocycles. The van der Waals surface area contributed by atoms with Crippen LogP contribution in [0.1, 0.15) is 16.8 Å². The number of thioether (sulfide) groups is 1. The number of carbonyl (C=O) groups is 3. The van der Waals surface area contributed by atoms with Gasteiger partial charge in [0.15, 0.2) is 5.17 Å². The monoisotopic (exact) mass is 354 g/mol. The summed E-state index contributed by atoms with van der Waals surface area (Å²) in [4.78, 5) is 41.4. The maximum absolute atomic E-state index is 12.6. The molecule has 1 saturated heterocycles. The molecule has 0 aromatic heterocycles. The van der Waals surface area contributed by atoms with Crippen LogP contribution in [0.4, 0.5) is 5.69 Å². The molecule has 0 unspecified atom stereocenters. The van der Waals surface area contributed by atoms with Crippen molar-refractivity contribution in [2.75, 3.05) is 4.90 Å². The van der Waals surface area contributed by atoms with Gasteiger partial charge < -0.3 is 5.11 Å². The second-order valence-corrected chi connectivity index (χ2v) is 6.45. The quantitative estimate of drug-likeness (QED) is 0.912. The van der Waals surface area contributed by atoms with E-state index in [1.165, 1.54) is 4.90 Å². The van der Waals surface area contributed by atoms with Gasteiger partial charge in [-0.05, 0) is 24.3 Å². The number of hydrogen-bond acceptors (Lipinski definition) is 4. The summed E-state index contributed by atoms with van der Waals surface area (Å²) in [5.74, 6) is -1.94. The molecule has 1 aliphatic heterocycles. The highest BCUT2D eigenvalue weighted by Gasteiger charge is 2.40. The predicted molar refractivity (Wildman–Crippen MR) is 95.8 cm³/mol. The molecule has 0 bridgehead atoms. The standard InChI is InChI=1S/C18H14N2O4S/c21-15(22)11-14-17(24)20(13-9-5-2-6-10-13)18(25-14)19-16(23)12-7-3-1-4-8-12/h1-10,14H,11H2,(H,21,22)/t14-/m1/s1. The first-order valence-corrected chi connectivity index (χ1v) is 8.40. The van der Waals surface area contributed by atoms with Crippen molar-refractivity contribution in [2.45, 2.75) is 11.7 Å². The summed E-state index contributed by atoms with van der Waals surface area (Å²) in [7, 11) is 0. The number of rotatable bonds is 4. The molecular formula is C18H14N2O4S. The Morgan fingerprint density at radius 2 is 1.64 bits per heavy atom. The number of benzene rings is 2. The number of anilines is 1. The number of carbonyl (C=O) groups excluding carboxylic acids is 2. The van der Waals surface area contributed by atoms with E-state index in [4.69, 9.17) is 5.11 Å². The summed E-state index contributed by atoms with van der Waals surface area (Å²) in [6.07, 6.45) is -0.328. The van der Waals surface area contributed by atoms with Crippen LogP contribution in [0.2, 0.25) is 0 Å². The molecule has 1 atom stereocenters. The van der Waals surface area contributed by atoms with Gasteiger partial charge in [0, 0.05) is 5.56 Å². The lowest BCUT2D eigenvalue weighted by Crippen LogP contribution is -2.33. The van der Waals surface area contributed by atoms with Crippen molar-refractivity contribution >= 4 is 40.4 Å². The fraction of sp³-hybridized carbons (Fsp3) is 0.111. The molecule has 0 spiro atoms. The molecule has 7 heteroatoms. The van der Waals surface area contributed by atoms with Gasteiger partial charge in [0.05, 0.1) is 12.1 Å². The van der Waals surface area contributed by atoms with Gasteiger partial charge in [-0.2, -0.15) is 4.99 Å². The average molecular weight is 354 g/mol. The molecule has 6 nitrogen and oxygen atoms in total. The van der Waals surface area contributed by atoms with Crippen molar-refractivity contribution in [3.05, 3.63) is 66.2 Å². The minimum Gasteiger partial charge on any atom is -0.481 e. The number of carboxylic acids is 1. The average Bonchev–Trinajstić information content (AvgIpc) is 2.91. The molecule has 2 aromatic carbocycles. The summed E-state index contributed by atoms with van der Waals surface area (Å²) < 4.78 is 0. The van der Waals surface area contributed by atoms with Crippen LogP contribution in [0.15, 0.2) is 65.7 Å². The first kappa shape index (κ1) is 16.9. The molecule has 0 radical (unpaired) electrons. The van der Waals surface area contributed by atoms with E-state index in [1.807, 2.05) is 0 Å². The predicted octanol–water partition coefficient (Wildman–Crippen LogP) is 2.81. The summed E-state index contributed by atoms with van der Waals surface area (Å²) in [6.45, 7) is 0. The largest absolute Gasteiger partial charge is 0.481 e. The third kappa shape index (κ3) is 3.77. The van der Waals surface area contributed by atoms with E-state index >= 15 is 0 Å². The number of aliphatic imine (C=N–C) groups is 1. The van der Waals surface area contributed by atoms with Gasteiger partial charge in [0.2, 0.25) is 5.91 Å². The summed E-state index contributed by atoms with van der Waals surface area (Å²) in [6, 6.07) is 17.3. The molecule has 2 amide bonds. The van der Waals surface area contributed by atoms with Gasteiger partial charge in [-0.3, -0.25) is 19.3 Å². The van der Waals surface area contributed by atoms with E-state index < -0.39 is 23.0 Å². The van der Waals surface area contributed by atoms with Crippen LogP contribution in [0.25, 0.3) is 0 Å².